The molecule has 0 aliphatic carbocycles. The first-order chi connectivity index (χ1) is 13.9. The zero-order chi connectivity index (χ0) is 21.0. The lowest BCUT2D eigenvalue weighted by molar-refractivity contribution is -0.112. The molecule has 142 valence electrons. The number of phenolic OH excluding ortho intramolecular Hbond substituents is 1. The van der Waals surface area contributed by atoms with E-state index in [-0.39, 0.29) is 11.3 Å². The van der Waals surface area contributed by atoms with Crippen LogP contribution in [0.2, 0.25) is 0 Å². The Morgan fingerprint density at radius 3 is 2.31 bits per heavy atom. The van der Waals surface area contributed by atoms with Crippen molar-refractivity contribution in [3.05, 3.63) is 82.7 Å². The van der Waals surface area contributed by atoms with Gasteiger partial charge in [-0.05, 0) is 80.1 Å². The summed E-state index contributed by atoms with van der Waals surface area (Å²) < 4.78 is 2.00. The van der Waals surface area contributed by atoms with Crippen molar-refractivity contribution in [3.63, 3.8) is 0 Å². The Hall–Kier alpha value is -4.29. The third-order valence-electron chi connectivity index (χ3n) is 4.51. The Bertz CT molecular complexity index is 1170. The highest BCUT2D eigenvalue weighted by Crippen LogP contribution is 2.23. The van der Waals surface area contributed by atoms with Crippen LogP contribution in [0.15, 0.2) is 60.2 Å². The summed E-state index contributed by atoms with van der Waals surface area (Å²) in [5.41, 5.74) is 4.49. The molecule has 0 fully saturated rings. The molecule has 0 bridgehead atoms. The Morgan fingerprint density at radius 1 is 1.07 bits per heavy atom. The summed E-state index contributed by atoms with van der Waals surface area (Å²) >= 11 is 0. The summed E-state index contributed by atoms with van der Waals surface area (Å²) in [6.45, 7) is 3.84. The minimum atomic E-state index is -0.527. The summed E-state index contributed by atoms with van der Waals surface area (Å²) in [6.07, 6.45) is 1.55. The number of nitrogens with zero attached hydrogens (tertiary/aromatic N) is 3. The molecule has 0 aliphatic heterocycles. The average Bonchev–Trinajstić information content (AvgIpc) is 3.00. The number of hydrogen-bond donors (Lipinski definition) is 2. The SMILES string of the molecule is Cc1cc(C=C(C#N)C(=O)Nc2ccc(O)cc2)c(C)n1-c1ccc(C#N)cc1. The third-order valence-corrected chi connectivity index (χ3v) is 4.51. The van der Waals surface area contributed by atoms with Crippen molar-refractivity contribution in [3.8, 4) is 23.6 Å². The third kappa shape index (κ3) is 4.18. The molecule has 1 amide bonds. The van der Waals surface area contributed by atoms with Crippen LogP contribution in [0.3, 0.4) is 0 Å². The highest BCUT2D eigenvalue weighted by Gasteiger charge is 2.14. The molecule has 2 N–H and O–H groups in total. The van der Waals surface area contributed by atoms with Crippen LogP contribution in [-0.2, 0) is 4.79 Å². The fourth-order valence-corrected chi connectivity index (χ4v) is 3.06. The molecule has 0 aliphatic rings. The van der Waals surface area contributed by atoms with Gasteiger partial charge in [0.15, 0.2) is 0 Å². The molecule has 0 radical (unpaired) electrons. The average molecular weight is 382 g/mol. The van der Waals surface area contributed by atoms with Gasteiger partial charge in [-0.15, -0.1) is 0 Å². The maximum atomic E-state index is 12.5. The fourth-order valence-electron chi connectivity index (χ4n) is 3.06. The summed E-state index contributed by atoms with van der Waals surface area (Å²) in [5.74, 6) is -0.435. The van der Waals surface area contributed by atoms with Gasteiger partial charge in [-0.3, -0.25) is 4.79 Å². The van der Waals surface area contributed by atoms with E-state index in [0.717, 1.165) is 22.6 Å². The van der Waals surface area contributed by atoms with Crippen molar-refractivity contribution in [2.45, 2.75) is 13.8 Å². The van der Waals surface area contributed by atoms with E-state index in [0.29, 0.717) is 11.3 Å². The number of carbonyl (C=O) groups excluding carboxylic acids is 1. The number of aryl methyl sites for hydroxylation is 1. The smallest absolute Gasteiger partial charge is 0.266 e. The number of aromatic nitrogens is 1. The van der Waals surface area contributed by atoms with Crippen LogP contribution in [0.4, 0.5) is 5.69 Å². The van der Waals surface area contributed by atoms with Crippen molar-refractivity contribution >= 4 is 17.7 Å². The number of rotatable bonds is 4. The minimum Gasteiger partial charge on any atom is -0.508 e. The second kappa shape index (κ2) is 8.16. The van der Waals surface area contributed by atoms with Gasteiger partial charge in [0, 0.05) is 22.8 Å². The van der Waals surface area contributed by atoms with Crippen LogP contribution in [0.5, 0.6) is 5.75 Å². The van der Waals surface area contributed by atoms with E-state index in [4.69, 9.17) is 5.26 Å². The molecule has 0 saturated heterocycles. The van der Waals surface area contributed by atoms with Gasteiger partial charge >= 0.3 is 0 Å². The Morgan fingerprint density at radius 2 is 1.72 bits per heavy atom. The lowest BCUT2D eigenvalue weighted by Gasteiger charge is -2.09. The van der Waals surface area contributed by atoms with Crippen LogP contribution in [0.25, 0.3) is 11.8 Å². The number of amides is 1. The van der Waals surface area contributed by atoms with Crippen LogP contribution >= 0.6 is 0 Å². The van der Waals surface area contributed by atoms with E-state index < -0.39 is 5.91 Å². The van der Waals surface area contributed by atoms with Gasteiger partial charge in [-0.2, -0.15) is 10.5 Å². The van der Waals surface area contributed by atoms with E-state index in [1.807, 2.05) is 42.7 Å². The van der Waals surface area contributed by atoms with Crippen molar-refractivity contribution in [2.75, 3.05) is 5.32 Å². The molecule has 6 heteroatoms. The summed E-state index contributed by atoms with van der Waals surface area (Å²) in [4.78, 5) is 12.5. The van der Waals surface area contributed by atoms with Crippen LogP contribution in [0.1, 0.15) is 22.5 Å². The van der Waals surface area contributed by atoms with Crippen LogP contribution in [-0.4, -0.2) is 15.6 Å². The summed E-state index contributed by atoms with van der Waals surface area (Å²) in [5, 5.41) is 30.4. The molecule has 2 aromatic carbocycles. The standard InChI is InChI=1S/C23H18N4O2/c1-15-11-18(16(2)27(15)21-7-3-17(13-24)4-8-21)12-19(14-25)23(29)26-20-5-9-22(28)10-6-20/h3-12,28H,1-2H3,(H,26,29). The number of anilines is 1. The largest absolute Gasteiger partial charge is 0.508 e. The number of hydrogen-bond acceptors (Lipinski definition) is 4. The van der Waals surface area contributed by atoms with E-state index in [2.05, 4.69) is 11.4 Å². The molecule has 1 aromatic heterocycles. The van der Waals surface area contributed by atoms with Gasteiger partial charge in [-0.25, -0.2) is 0 Å². The normalized spacial score (nSPS) is 10.8. The fraction of sp³-hybridized carbons (Fsp3) is 0.0870. The molecule has 0 unspecified atom stereocenters. The quantitative estimate of drug-likeness (QED) is 0.401. The van der Waals surface area contributed by atoms with Crippen LogP contribution in [0, 0.1) is 36.5 Å². The van der Waals surface area contributed by atoms with Crippen molar-refractivity contribution < 1.29 is 9.90 Å². The molecule has 3 aromatic rings. The summed E-state index contributed by atoms with van der Waals surface area (Å²) in [7, 11) is 0. The van der Waals surface area contributed by atoms with Gasteiger partial charge in [-0.1, -0.05) is 0 Å². The van der Waals surface area contributed by atoms with Gasteiger partial charge in [0.2, 0.25) is 0 Å². The second-order valence-corrected chi connectivity index (χ2v) is 6.49. The number of carbonyl (C=O) groups is 1. The molecule has 3 rings (SSSR count). The Labute approximate surface area is 168 Å². The molecule has 29 heavy (non-hydrogen) atoms. The van der Waals surface area contributed by atoms with Crippen LogP contribution < -0.4 is 5.32 Å². The van der Waals surface area contributed by atoms with E-state index in [9.17, 15) is 15.2 Å². The Kier molecular flexibility index (Phi) is 5.48. The second-order valence-electron chi connectivity index (χ2n) is 6.49. The molecule has 6 nitrogen and oxygen atoms in total. The first kappa shape index (κ1) is 19.5. The molecule has 0 atom stereocenters. The number of nitriles is 2. The minimum absolute atomic E-state index is 0.0295. The van der Waals surface area contributed by atoms with E-state index in [1.54, 1.807) is 30.3 Å². The van der Waals surface area contributed by atoms with Crippen molar-refractivity contribution in [1.29, 1.82) is 10.5 Å². The van der Waals surface area contributed by atoms with Crippen molar-refractivity contribution in [1.82, 2.24) is 4.57 Å². The number of phenols is 1. The predicted octanol–water partition coefficient (Wildman–Crippen LogP) is 4.22. The summed E-state index contributed by atoms with van der Waals surface area (Å²) in [6, 6.07) is 19.2. The highest BCUT2D eigenvalue weighted by atomic mass is 16.3. The topological polar surface area (TPSA) is 102 Å². The van der Waals surface area contributed by atoms with E-state index >= 15 is 0 Å². The van der Waals surface area contributed by atoms with E-state index in [1.165, 1.54) is 12.1 Å². The monoisotopic (exact) mass is 382 g/mol. The lowest BCUT2D eigenvalue weighted by atomic mass is 10.1. The van der Waals surface area contributed by atoms with Gasteiger partial charge in [0.1, 0.15) is 17.4 Å². The zero-order valence-corrected chi connectivity index (χ0v) is 16.0. The van der Waals surface area contributed by atoms with Gasteiger partial charge in [0.25, 0.3) is 5.91 Å². The van der Waals surface area contributed by atoms with Crippen molar-refractivity contribution in [2.24, 2.45) is 0 Å². The lowest BCUT2D eigenvalue weighted by Crippen LogP contribution is -2.13. The predicted molar refractivity (Wildman–Crippen MR) is 110 cm³/mol. The number of benzene rings is 2. The van der Waals surface area contributed by atoms with Gasteiger partial charge in [0.05, 0.1) is 11.6 Å². The maximum absolute atomic E-state index is 12.5. The highest BCUT2D eigenvalue weighted by molar-refractivity contribution is 6.09. The molecule has 1 heterocycles. The first-order valence-electron chi connectivity index (χ1n) is 8.84. The molecule has 0 spiro atoms. The number of nitrogens with one attached hydrogen (secondary N) is 1. The molecular weight excluding hydrogens is 364 g/mol. The first-order valence-corrected chi connectivity index (χ1v) is 8.84. The Balaban J connectivity index is 1.91. The number of aromatic hydroxyl groups is 1. The van der Waals surface area contributed by atoms with Gasteiger partial charge < -0.3 is 15.0 Å². The maximum Gasteiger partial charge on any atom is 0.266 e. The molecule has 0 saturated carbocycles. The molecular formula is C23H18N4O2. The zero-order valence-electron chi connectivity index (χ0n) is 16.0.